The van der Waals surface area contributed by atoms with E-state index in [1.165, 1.54) is 6.20 Å². The minimum atomic E-state index is -0.144. The van der Waals surface area contributed by atoms with Gasteiger partial charge in [0.2, 0.25) is 0 Å². The van der Waals surface area contributed by atoms with Crippen molar-refractivity contribution in [3.8, 4) is 0 Å². The molecule has 1 fully saturated rings. The Morgan fingerprint density at radius 3 is 2.86 bits per heavy atom. The van der Waals surface area contributed by atoms with Crippen molar-refractivity contribution >= 4 is 0 Å². The monoisotopic (exact) mass is 194 g/mol. The molecule has 0 saturated carbocycles. The van der Waals surface area contributed by atoms with E-state index in [9.17, 15) is 4.79 Å². The van der Waals surface area contributed by atoms with Crippen LogP contribution in [0.1, 0.15) is 5.69 Å². The minimum Gasteiger partial charge on any atom is -0.326 e. The second-order valence-corrected chi connectivity index (χ2v) is 3.43. The highest BCUT2D eigenvalue weighted by Crippen LogP contribution is 1.99. The third-order valence-electron chi connectivity index (χ3n) is 2.32. The summed E-state index contributed by atoms with van der Waals surface area (Å²) in [7, 11) is 0. The zero-order chi connectivity index (χ0) is 9.80. The van der Waals surface area contributed by atoms with Crippen molar-refractivity contribution in [3.05, 3.63) is 28.4 Å². The van der Waals surface area contributed by atoms with E-state index in [0.29, 0.717) is 0 Å². The molecule has 0 radical (unpaired) electrons. The van der Waals surface area contributed by atoms with Crippen LogP contribution >= 0.6 is 0 Å². The van der Waals surface area contributed by atoms with E-state index in [-0.39, 0.29) is 5.56 Å². The number of H-pyrrole nitrogens is 1. The molecule has 0 spiro atoms. The molecule has 2 N–H and O–H groups in total. The number of rotatable bonds is 2. The Hall–Kier alpha value is -1.20. The van der Waals surface area contributed by atoms with Crippen molar-refractivity contribution in [1.82, 2.24) is 20.2 Å². The van der Waals surface area contributed by atoms with Crippen molar-refractivity contribution in [3.63, 3.8) is 0 Å². The van der Waals surface area contributed by atoms with E-state index in [1.807, 2.05) is 0 Å². The molecule has 1 aliphatic heterocycles. The lowest BCUT2D eigenvalue weighted by atomic mass is 10.3. The van der Waals surface area contributed by atoms with Gasteiger partial charge in [-0.15, -0.1) is 0 Å². The molecule has 1 aromatic heterocycles. The molecule has 0 amide bonds. The summed E-state index contributed by atoms with van der Waals surface area (Å²) < 4.78 is 0. The first kappa shape index (κ1) is 9.36. The molecule has 0 unspecified atom stereocenters. The Labute approximate surface area is 82.2 Å². The molecule has 5 heteroatoms. The van der Waals surface area contributed by atoms with Crippen LogP contribution in [0.15, 0.2) is 17.2 Å². The summed E-state index contributed by atoms with van der Waals surface area (Å²) in [6.07, 6.45) is 3.02. The molecule has 5 nitrogen and oxygen atoms in total. The highest BCUT2D eigenvalue weighted by Gasteiger charge is 2.09. The molecule has 2 heterocycles. The largest absolute Gasteiger partial charge is 0.326 e. The number of nitrogens with zero attached hydrogens (tertiary/aromatic N) is 2. The van der Waals surface area contributed by atoms with Crippen molar-refractivity contribution in [2.45, 2.75) is 6.54 Å². The average Bonchev–Trinajstić information content (AvgIpc) is 2.23. The van der Waals surface area contributed by atoms with Gasteiger partial charge < -0.3 is 10.3 Å². The molecule has 1 saturated heterocycles. The summed E-state index contributed by atoms with van der Waals surface area (Å²) in [6.45, 7) is 4.97. The van der Waals surface area contributed by atoms with Crippen LogP contribution in [-0.2, 0) is 6.54 Å². The lowest BCUT2D eigenvalue weighted by Gasteiger charge is -2.26. The van der Waals surface area contributed by atoms with Gasteiger partial charge in [0.25, 0.3) is 5.56 Å². The molecule has 76 valence electrons. The van der Waals surface area contributed by atoms with Crippen LogP contribution in [0.3, 0.4) is 0 Å². The van der Waals surface area contributed by atoms with Gasteiger partial charge in [0.1, 0.15) is 0 Å². The van der Waals surface area contributed by atoms with Crippen molar-refractivity contribution in [2.24, 2.45) is 0 Å². The van der Waals surface area contributed by atoms with Crippen LogP contribution < -0.4 is 10.9 Å². The van der Waals surface area contributed by atoms with Gasteiger partial charge in [-0.1, -0.05) is 0 Å². The first-order valence-corrected chi connectivity index (χ1v) is 4.81. The molecule has 14 heavy (non-hydrogen) atoms. The van der Waals surface area contributed by atoms with Gasteiger partial charge in [-0.05, 0) is 0 Å². The molecule has 0 bridgehead atoms. The minimum absolute atomic E-state index is 0.144. The van der Waals surface area contributed by atoms with Crippen molar-refractivity contribution in [1.29, 1.82) is 0 Å². The predicted molar refractivity (Wildman–Crippen MR) is 53.0 cm³/mol. The maximum atomic E-state index is 10.8. The number of piperazine rings is 1. The third-order valence-corrected chi connectivity index (χ3v) is 2.32. The van der Waals surface area contributed by atoms with Crippen molar-refractivity contribution in [2.75, 3.05) is 26.2 Å². The Morgan fingerprint density at radius 1 is 1.43 bits per heavy atom. The molecular formula is C9H14N4O. The summed E-state index contributed by atoms with van der Waals surface area (Å²) in [5, 5.41) is 3.29. The maximum absolute atomic E-state index is 10.8. The molecule has 2 rings (SSSR count). The van der Waals surface area contributed by atoms with E-state index in [1.54, 1.807) is 6.20 Å². The fourth-order valence-electron chi connectivity index (χ4n) is 1.56. The van der Waals surface area contributed by atoms with Gasteiger partial charge in [-0.25, -0.2) is 0 Å². The average molecular weight is 194 g/mol. The van der Waals surface area contributed by atoms with E-state index in [0.717, 1.165) is 38.4 Å². The Morgan fingerprint density at radius 2 is 2.21 bits per heavy atom. The Kier molecular flexibility index (Phi) is 2.90. The summed E-state index contributed by atoms with van der Waals surface area (Å²) in [5.74, 6) is 0. The summed E-state index contributed by atoms with van der Waals surface area (Å²) in [5.41, 5.74) is 0.778. The second-order valence-electron chi connectivity index (χ2n) is 3.43. The quantitative estimate of drug-likeness (QED) is 0.645. The van der Waals surface area contributed by atoms with Gasteiger partial charge in [-0.3, -0.25) is 14.7 Å². The zero-order valence-electron chi connectivity index (χ0n) is 7.99. The summed E-state index contributed by atoms with van der Waals surface area (Å²) in [6, 6.07) is 0. The van der Waals surface area contributed by atoms with E-state index < -0.39 is 0 Å². The Balaban J connectivity index is 1.96. The lowest BCUT2D eigenvalue weighted by molar-refractivity contribution is 0.230. The molecule has 1 aromatic rings. The number of hydrogen-bond acceptors (Lipinski definition) is 4. The van der Waals surface area contributed by atoms with E-state index >= 15 is 0 Å². The molecular weight excluding hydrogens is 180 g/mol. The van der Waals surface area contributed by atoms with E-state index in [2.05, 4.69) is 20.2 Å². The van der Waals surface area contributed by atoms with Gasteiger partial charge in [-0.2, -0.15) is 0 Å². The Bertz CT molecular complexity index is 322. The number of hydrogen-bond donors (Lipinski definition) is 2. The zero-order valence-corrected chi connectivity index (χ0v) is 7.99. The SMILES string of the molecule is O=c1cnc(CN2CCNCC2)c[nH]1. The van der Waals surface area contributed by atoms with Gasteiger partial charge in [0, 0.05) is 38.9 Å². The van der Waals surface area contributed by atoms with E-state index in [4.69, 9.17) is 0 Å². The van der Waals surface area contributed by atoms with Crippen LogP contribution in [-0.4, -0.2) is 41.0 Å². The van der Waals surface area contributed by atoms with Crippen LogP contribution in [0, 0.1) is 0 Å². The normalized spacial score (nSPS) is 18.3. The maximum Gasteiger partial charge on any atom is 0.266 e. The predicted octanol–water partition coefficient (Wildman–Crippen LogP) is -0.825. The summed E-state index contributed by atoms with van der Waals surface area (Å²) in [4.78, 5) is 19.8. The fourth-order valence-corrected chi connectivity index (χ4v) is 1.56. The topological polar surface area (TPSA) is 61.0 Å². The number of aromatic nitrogens is 2. The number of nitrogens with one attached hydrogen (secondary N) is 2. The molecule has 0 atom stereocenters. The van der Waals surface area contributed by atoms with Crippen LogP contribution in [0.4, 0.5) is 0 Å². The van der Waals surface area contributed by atoms with Gasteiger partial charge in [0.15, 0.2) is 0 Å². The first-order chi connectivity index (χ1) is 6.84. The summed E-state index contributed by atoms with van der Waals surface area (Å²) >= 11 is 0. The van der Waals surface area contributed by atoms with Crippen LogP contribution in [0.5, 0.6) is 0 Å². The first-order valence-electron chi connectivity index (χ1n) is 4.81. The highest BCUT2D eigenvalue weighted by atomic mass is 16.1. The van der Waals surface area contributed by atoms with Crippen LogP contribution in [0.25, 0.3) is 0 Å². The third kappa shape index (κ3) is 2.40. The van der Waals surface area contributed by atoms with Gasteiger partial charge in [0.05, 0.1) is 11.9 Å². The molecule has 1 aliphatic rings. The van der Waals surface area contributed by atoms with Crippen LogP contribution in [0.2, 0.25) is 0 Å². The fraction of sp³-hybridized carbons (Fsp3) is 0.556. The lowest BCUT2D eigenvalue weighted by Crippen LogP contribution is -2.43. The molecule has 0 aromatic carbocycles. The van der Waals surface area contributed by atoms with Gasteiger partial charge >= 0.3 is 0 Å². The second kappa shape index (κ2) is 4.34. The smallest absolute Gasteiger partial charge is 0.266 e. The highest BCUT2D eigenvalue weighted by molar-refractivity contribution is 4.95. The van der Waals surface area contributed by atoms with Crippen molar-refractivity contribution < 1.29 is 0 Å². The molecule has 0 aliphatic carbocycles. The number of aromatic amines is 1. The standard InChI is InChI=1S/C9H14N4O/c14-9-6-11-8(5-12-9)7-13-3-1-10-2-4-13/h5-6,10H,1-4,7H2,(H,12,14).